The number of amides is 1. The number of phenols is 1. The average molecular weight is 444 g/mol. The van der Waals surface area contributed by atoms with E-state index in [0.717, 1.165) is 41.8 Å². The van der Waals surface area contributed by atoms with Crippen LogP contribution in [0.5, 0.6) is 5.75 Å². The maximum Gasteiger partial charge on any atom is 0.266 e. The predicted octanol–water partition coefficient (Wildman–Crippen LogP) is 6.17. The molecule has 1 amide bonds. The molecule has 6 heteroatoms. The molecule has 1 N–H and O–H groups in total. The third-order valence-corrected chi connectivity index (χ3v) is 7.19. The first-order chi connectivity index (χ1) is 14.0. The van der Waals surface area contributed by atoms with Gasteiger partial charge in [0.05, 0.1) is 4.91 Å². The standard InChI is InChI=1S/C23H22ClNO2S2/c24-19-9-5-4-6-16(19)12-15-10-11-20(26)17(13-15)14-21-22(27)25(23(28)29-21)18-7-2-1-3-8-18/h4-6,9-11,13-14,18,26H,1-3,7-8,12H2. The Kier molecular flexibility index (Phi) is 6.28. The van der Waals surface area contributed by atoms with Crippen molar-refractivity contribution >= 4 is 51.9 Å². The fourth-order valence-electron chi connectivity index (χ4n) is 3.97. The molecule has 0 unspecified atom stereocenters. The fraction of sp³-hybridized carbons (Fsp3) is 0.304. The van der Waals surface area contributed by atoms with E-state index in [1.165, 1.54) is 18.2 Å². The van der Waals surface area contributed by atoms with Crippen molar-refractivity contribution in [2.75, 3.05) is 0 Å². The Morgan fingerprint density at radius 2 is 1.93 bits per heavy atom. The minimum absolute atomic E-state index is 0.0391. The summed E-state index contributed by atoms with van der Waals surface area (Å²) < 4.78 is 0.625. The quantitative estimate of drug-likeness (QED) is 0.453. The molecule has 2 aromatic rings. The summed E-state index contributed by atoms with van der Waals surface area (Å²) in [5.41, 5.74) is 2.66. The minimum atomic E-state index is -0.0391. The van der Waals surface area contributed by atoms with Crippen molar-refractivity contribution in [3.63, 3.8) is 0 Å². The second-order valence-corrected chi connectivity index (χ2v) is 9.59. The van der Waals surface area contributed by atoms with E-state index in [0.29, 0.717) is 21.2 Å². The van der Waals surface area contributed by atoms with E-state index in [9.17, 15) is 9.90 Å². The highest BCUT2D eigenvalue weighted by Crippen LogP contribution is 2.38. The lowest BCUT2D eigenvalue weighted by Gasteiger charge is -2.29. The summed E-state index contributed by atoms with van der Waals surface area (Å²) in [5.74, 6) is 0.110. The van der Waals surface area contributed by atoms with E-state index in [2.05, 4.69) is 0 Å². The van der Waals surface area contributed by atoms with Gasteiger partial charge < -0.3 is 5.11 Å². The van der Waals surface area contributed by atoms with Crippen LogP contribution in [0, 0.1) is 0 Å². The molecule has 0 radical (unpaired) electrons. The molecule has 0 aromatic heterocycles. The van der Waals surface area contributed by atoms with Crippen LogP contribution in [0.4, 0.5) is 0 Å². The summed E-state index contributed by atoms with van der Waals surface area (Å²) in [4.78, 5) is 15.4. The van der Waals surface area contributed by atoms with Gasteiger partial charge >= 0.3 is 0 Å². The van der Waals surface area contributed by atoms with Gasteiger partial charge in [-0.3, -0.25) is 9.69 Å². The summed E-state index contributed by atoms with van der Waals surface area (Å²) in [5, 5.41) is 11.1. The van der Waals surface area contributed by atoms with Crippen LogP contribution in [0.1, 0.15) is 48.8 Å². The molecular weight excluding hydrogens is 422 g/mol. The molecule has 0 spiro atoms. The largest absolute Gasteiger partial charge is 0.507 e. The van der Waals surface area contributed by atoms with Crippen LogP contribution in [-0.2, 0) is 11.2 Å². The molecule has 2 aliphatic rings. The monoisotopic (exact) mass is 443 g/mol. The Labute approximate surface area is 185 Å². The van der Waals surface area contributed by atoms with Gasteiger partial charge in [0.15, 0.2) is 0 Å². The normalized spacial score (nSPS) is 19.3. The zero-order chi connectivity index (χ0) is 20.4. The van der Waals surface area contributed by atoms with E-state index in [-0.39, 0.29) is 17.7 Å². The van der Waals surface area contributed by atoms with E-state index >= 15 is 0 Å². The van der Waals surface area contributed by atoms with Crippen LogP contribution in [0.2, 0.25) is 5.02 Å². The number of hydrogen-bond donors (Lipinski definition) is 1. The zero-order valence-corrected chi connectivity index (χ0v) is 18.3. The Morgan fingerprint density at radius 1 is 1.17 bits per heavy atom. The van der Waals surface area contributed by atoms with Gasteiger partial charge in [-0.1, -0.05) is 79.1 Å². The first-order valence-corrected chi connectivity index (χ1v) is 11.5. The third-order valence-electron chi connectivity index (χ3n) is 5.49. The molecule has 0 bridgehead atoms. The van der Waals surface area contributed by atoms with Crippen molar-refractivity contribution in [2.24, 2.45) is 0 Å². The molecule has 2 fully saturated rings. The van der Waals surface area contributed by atoms with Crippen molar-refractivity contribution in [1.82, 2.24) is 4.90 Å². The molecule has 4 rings (SSSR count). The van der Waals surface area contributed by atoms with Crippen molar-refractivity contribution in [3.05, 3.63) is 69.1 Å². The summed E-state index contributed by atoms with van der Waals surface area (Å²) >= 11 is 13.1. The number of halogens is 1. The molecule has 1 aliphatic heterocycles. The Morgan fingerprint density at radius 3 is 2.69 bits per heavy atom. The number of thioether (sulfide) groups is 1. The van der Waals surface area contributed by atoms with Crippen LogP contribution in [0.3, 0.4) is 0 Å². The number of hydrogen-bond acceptors (Lipinski definition) is 4. The lowest BCUT2D eigenvalue weighted by Crippen LogP contribution is -2.39. The number of aromatic hydroxyl groups is 1. The molecule has 1 heterocycles. The van der Waals surface area contributed by atoms with Gasteiger partial charge in [0.1, 0.15) is 10.1 Å². The summed E-state index contributed by atoms with van der Waals surface area (Å²) in [6.07, 6.45) is 7.96. The van der Waals surface area contributed by atoms with Crippen molar-refractivity contribution in [3.8, 4) is 5.75 Å². The van der Waals surface area contributed by atoms with E-state index in [1.807, 2.05) is 36.4 Å². The van der Waals surface area contributed by atoms with Crippen LogP contribution in [0.25, 0.3) is 6.08 Å². The van der Waals surface area contributed by atoms with Gasteiger partial charge in [0.25, 0.3) is 5.91 Å². The van der Waals surface area contributed by atoms with Gasteiger partial charge in [-0.15, -0.1) is 0 Å². The molecule has 29 heavy (non-hydrogen) atoms. The second kappa shape index (κ2) is 8.90. The van der Waals surface area contributed by atoms with Crippen LogP contribution < -0.4 is 0 Å². The van der Waals surface area contributed by atoms with Crippen molar-refractivity contribution < 1.29 is 9.90 Å². The van der Waals surface area contributed by atoms with Crippen LogP contribution in [0.15, 0.2) is 47.4 Å². The molecule has 1 aliphatic carbocycles. The van der Waals surface area contributed by atoms with E-state index < -0.39 is 0 Å². The number of rotatable bonds is 4. The van der Waals surface area contributed by atoms with Gasteiger partial charge in [0, 0.05) is 16.6 Å². The summed E-state index contributed by atoms with van der Waals surface area (Å²) in [6, 6.07) is 13.4. The van der Waals surface area contributed by atoms with Crippen LogP contribution >= 0.6 is 35.6 Å². The molecule has 150 valence electrons. The highest BCUT2D eigenvalue weighted by molar-refractivity contribution is 8.26. The van der Waals surface area contributed by atoms with E-state index in [1.54, 1.807) is 17.0 Å². The molecule has 1 saturated heterocycles. The highest BCUT2D eigenvalue weighted by atomic mass is 35.5. The molecule has 0 atom stereocenters. The smallest absolute Gasteiger partial charge is 0.266 e. The first-order valence-electron chi connectivity index (χ1n) is 9.85. The average Bonchev–Trinajstić information content (AvgIpc) is 3.00. The first kappa shape index (κ1) is 20.5. The van der Waals surface area contributed by atoms with Crippen LogP contribution in [-0.4, -0.2) is 26.3 Å². The Hall–Kier alpha value is -1.82. The SMILES string of the molecule is O=C1C(=Cc2cc(Cc3ccccc3Cl)ccc2O)SC(=S)N1C1CCCCC1. The number of nitrogens with zero attached hydrogens (tertiary/aromatic N) is 1. The number of benzene rings is 2. The molecule has 1 saturated carbocycles. The van der Waals surface area contributed by atoms with Gasteiger partial charge in [-0.05, 0) is 54.7 Å². The molecular formula is C23H22ClNO2S2. The molecule has 3 nitrogen and oxygen atoms in total. The van der Waals surface area contributed by atoms with Gasteiger partial charge in [-0.2, -0.15) is 0 Å². The Bertz CT molecular complexity index is 983. The van der Waals surface area contributed by atoms with Crippen molar-refractivity contribution in [1.29, 1.82) is 0 Å². The lowest BCUT2D eigenvalue weighted by atomic mass is 9.94. The van der Waals surface area contributed by atoms with E-state index in [4.69, 9.17) is 23.8 Å². The summed E-state index contributed by atoms with van der Waals surface area (Å²) in [7, 11) is 0. The summed E-state index contributed by atoms with van der Waals surface area (Å²) in [6.45, 7) is 0. The number of carbonyl (C=O) groups excluding carboxylic acids is 1. The number of thiocarbonyl (C=S) groups is 1. The number of carbonyl (C=O) groups is 1. The van der Waals surface area contributed by atoms with Crippen molar-refractivity contribution in [2.45, 2.75) is 44.6 Å². The Balaban J connectivity index is 1.58. The maximum absolute atomic E-state index is 13.0. The fourth-order valence-corrected chi connectivity index (χ4v) is 5.56. The number of phenolic OH excluding ortho intramolecular Hbond substituents is 1. The van der Waals surface area contributed by atoms with Gasteiger partial charge in [-0.25, -0.2) is 0 Å². The predicted molar refractivity (Wildman–Crippen MR) is 124 cm³/mol. The van der Waals surface area contributed by atoms with Gasteiger partial charge in [0.2, 0.25) is 0 Å². The highest BCUT2D eigenvalue weighted by Gasteiger charge is 2.37. The minimum Gasteiger partial charge on any atom is -0.507 e. The maximum atomic E-state index is 13.0. The molecule has 2 aromatic carbocycles. The second-order valence-electron chi connectivity index (χ2n) is 7.50. The zero-order valence-electron chi connectivity index (χ0n) is 15.9. The lowest BCUT2D eigenvalue weighted by molar-refractivity contribution is -0.124. The third kappa shape index (κ3) is 4.52. The topological polar surface area (TPSA) is 40.5 Å².